The summed E-state index contributed by atoms with van der Waals surface area (Å²) in [6.07, 6.45) is -17.2. The smallest absolute Gasteiger partial charge is 0.369 e. The average molecular weight is 563 g/mol. The van der Waals surface area contributed by atoms with Crippen LogP contribution >= 0.6 is 0 Å². The zero-order valence-electron chi connectivity index (χ0n) is 23.2. The number of primary amides is 1. The van der Waals surface area contributed by atoms with Gasteiger partial charge in [0.05, 0.1) is 11.4 Å². The number of likely N-dealkylation sites (N-methyl/N-ethyl adjacent to an activating group) is 1. The molecule has 3 N–H and O–H groups in total. The van der Waals surface area contributed by atoms with Crippen LogP contribution in [0.5, 0.6) is 0 Å². The molecule has 1 aliphatic rings. The summed E-state index contributed by atoms with van der Waals surface area (Å²) in [4.78, 5) is 43.7. The summed E-state index contributed by atoms with van der Waals surface area (Å²) in [5, 5.41) is 2.09. The standard InChI is InChI=1S/C26H26F6N4O3/c1-36-19-10-6-5-9-18(19)20(15-7-3-2-4-8-15)34-22(24(36)39)35-23(38)17(12-14-26(30,31)32)16(21(33)37)11-13-25(27,28)29/h2-10,16-17,22H,11-14H2,1H3,(H2,33,37)(H,35,38)/t16-,17+,22?/m0/s1/i1T3. The van der Waals surface area contributed by atoms with E-state index in [2.05, 4.69) is 10.3 Å². The molecule has 0 radical (unpaired) electrons. The van der Waals surface area contributed by atoms with Gasteiger partial charge in [-0.15, -0.1) is 0 Å². The first-order valence-electron chi connectivity index (χ1n) is 13.2. The van der Waals surface area contributed by atoms with Crippen molar-refractivity contribution in [3.05, 3.63) is 65.7 Å². The molecule has 2 aromatic carbocycles. The molecule has 0 spiro atoms. The molecule has 0 fully saturated rings. The molecule has 1 unspecified atom stereocenters. The Hall–Kier alpha value is -3.90. The quantitative estimate of drug-likeness (QED) is 0.444. The summed E-state index contributed by atoms with van der Waals surface area (Å²) in [5.74, 6) is -8.18. The summed E-state index contributed by atoms with van der Waals surface area (Å²) < 4.78 is 102. The molecule has 7 nitrogen and oxygen atoms in total. The molecule has 1 aliphatic heterocycles. The number of nitrogens with zero attached hydrogens (tertiary/aromatic N) is 2. The highest BCUT2D eigenvalue weighted by Crippen LogP contribution is 2.33. The lowest BCUT2D eigenvalue weighted by Crippen LogP contribution is -2.50. The highest BCUT2D eigenvalue weighted by molar-refractivity contribution is 6.20. The molecule has 3 amide bonds. The normalized spacial score (nSPS) is 19.0. The van der Waals surface area contributed by atoms with Crippen LogP contribution in [0, 0.1) is 11.8 Å². The third-order valence-electron chi connectivity index (χ3n) is 6.10. The molecular weight excluding hydrogens is 530 g/mol. The number of para-hydroxylation sites is 1. The fourth-order valence-corrected chi connectivity index (χ4v) is 4.22. The van der Waals surface area contributed by atoms with Gasteiger partial charge in [-0.05, 0) is 18.9 Å². The van der Waals surface area contributed by atoms with Gasteiger partial charge in [0, 0.05) is 46.9 Å². The van der Waals surface area contributed by atoms with E-state index in [1.807, 2.05) is 0 Å². The van der Waals surface area contributed by atoms with Gasteiger partial charge in [0.1, 0.15) is 0 Å². The molecule has 210 valence electrons. The van der Waals surface area contributed by atoms with E-state index in [0.717, 1.165) is 0 Å². The van der Waals surface area contributed by atoms with Crippen LogP contribution < -0.4 is 16.0 Å². The Bertz CT molecular complexity index is 1330. The third kappa shape index (κ3) is 7.80. The summed E-state index contributed by atoms with van der Waals surface area (Å²) >= 11 is 0. The van der Waals surface area contributed by atoms with Crippen LogP contribution in [-0.4, -0.2) is 48.9 Å². The number of carbonyl (C=O) groups excluding carboxylic acids is 3. The maximum atomic E-state index is 13.6. The van der Waals surface area contributed by atoms with E-state index >= 15 is 0 Å². The highest BCUT2D eigenvalue weighted by atomic mass is 19.4. The number of alkyl halides is 6. The van der Waals surface area contributed by atoms with Gasteiger partial charge in [-0.3, -0.25) is 14.4 Å². The van der Waals surface area contributed by atoms with E-state index in [0.29, 0.717) is 10.5 Å². The average Bonchev–Trinajstić information content (AvgIpc) is 2.99. The maximum absolute atomic E-state index is 13.6. The van der Waals surface area contributed by atoms with Gasteiger partial charge in [-0.2, -0.15) is 26.3 Å². The Kier molecular flexibility index (Phi) is 7.73. The predicted molar refractivity (Wildman–Crippen MR) is 131 cm³/mol. The number of benzodiazepines with no additional fused rings is 1. The molecule has 1 heterocycles. The van der Waals surface area contributed by atoms with Gasteiger partial charge in [-0.25, -0.2) is 4.99 Å². The number of carbonyl (C=O) groups is 3. The Morgan fingerprint density at radius 1 is 0.974 bits per heavy atom. The molecule has 3 atom stereocenters. The van der Waals surface area contributed by atoms with E-state index < -0.39 is 80.7 Å². The van der Waals surface area contributed by atoms with Gasteiger partial charge in [0.15, 0.2) is 0 Å². The first-order chi connectivity index (χ1) is 19.4. The second-order valence-electron chi connectivity index (χ2n) is 8.87. The van der Waals surface area contributed by atoms with E-state index in [1.165, 1.54) is 18.2 Å². The van der Waals surface area contributed by atoms with E-state index in [1.54, 1.807) is 36.4 Å². The lowest BCUT2D eigenvalue weighted by molar-refractivity contribution is -0.152. The molecule has 39 heavy (non-hydrogen) atoms. The van der Waals surface area contributed by atoms with Crippen LogP contribution in [0.2, 0.25) is 0 Å². The molecule has 0 saturated heterocycles. The van der Waals surface area contributed by atoms with Crippen LogP contribution in [0.4, 0.5) is 32.0 Å². The lowest BCUT2D eigenvalue weighted by atomic mass is 9.83. The number of rotatable bonds is 9. The second kappa shape index (κ2) is 11.9. The summed E-state index contributed by atoms with van der Waals surface area (Å²) in [6.45, 7) is -3.12. The van der Waals surface area contributed by atoms with E-state index in [9.17, 15) is 40.7 Å². The number of anilines is 1. The SMILES string of the molecule is [3H]C([3H])([3H])N1C(=O)C(NC(=O)[C@H](CCC(F)(F)F)[C@H](CCC(F)(F)F)C(N)=O)N=C(c2ccccc2)c2ccccc21. The van der Waals surface area contributed by atoms with Crippen molar-refractivity contribution in [3.8, 4) is 0 Å². The molecular formula is C26H26F6N4O3. The van der Waals surface area contributed by atoms with Gasteiger partial charge < -0.3 is 16.0 Å². The van der Waals surface area contributed by atoms with Crippen molar-refractivity contribution in [2.75, 3.05) is 11.9 Å². The van der Waals surface area contributed by atoms with Crippen LogP contribution in [0.1, 0.15) is 40.9 Å². The largest absolute Gasteiger partial charge is 0.389 e. The number of aliphatic imine (C=N–C) groups is 1. The topological polar surface area (TPSA) is 105 Å². The zero-order valence-corrected chi connectivity index (χ0v) is 20.2. The number of amides is 3. The minimum atomic E-state index is -4.85. The Morgan fingerprint density at radius 3 is 2.10 bits per heavy atom. The van der Waals surface area contributed by atoms with Crippen molar-refractivity contribution in [3.63, 3.8) is 0 Å². The molecule has 0 aromatic heterocycles. The first-order valence-corrected chi connectivity index (χ1v) is 11.7. The first kappa shape index (κ1) is 25.4. The number of benzene rings is 2. The number of hydrogen-bond acceptors (Lipinski definition) is 4. The van der Waals surface area contributed by atoms with Crippen molar-refractivity contribution in [1.29, 1.82) is 0 Å². The molecule has 0 bridgehead atoms. The molecule has 2 aromatic rings. The fourth-order valence-electron chi connectivity index (χ4n) is 4.22. The monoisotopic (exact) mass is 562 g/mol. The van der Waals surface area contributed by atoms with Crippen molar-refractivity contribution in [2.24, 2.45) is 22.6 Å². The van der Waals surface area contributed by atoms with Crippen molar-refractivity contribution < 1.29 is 44.8 Å². The maximum Gasteiger partial charge on any atom is 0.389 e. The minimum Gasteiger partial charge on any atom is -0.369 e. The second-order valence-corrected chi connectivity index (χ2v) is 8.87. The fraction of sp³-hybridized carbons (Fsp3) is 0.385. The van der Waals surface area contributed by atoms with Crippen LogP contribution in [0.3, 0.4) is 0 Å². The molecule has 0 saturated carbocycles. The Labute approximate surface area is 224 Å². The third-order valence-corrected chi connectivity index (χ3v) is 6.10. The minimum absolute atomic E-state index is 0.0481. The van der Waals surface area contributed by atoms with Crippen molar-refractivity contribution >= 4 is 29.1 Å². The number of fused-ring (bicyclic) bond motifs is 1. The van der Waals surface area contributed by atoms with Gasteiger partial charge in [0.25, 0.3) is 5.91 Å². The molecule has 13 heteroatoms. The zero-order chi connectivity index (χ0) is 31.5. The Morgan fingerprint density at radius 2 is 1.54 bits per heavy atom. The number of nitrogens with two attached hydrogens (primary N) is 1. The van der Waals surface area contributed by atoms with Crippen molar-refractivity contribution in [2.45, 2.75) is 44.2 Å². The summed E-state index contributed by atoms with van der Waals surface area (Å²) in [6, 6.07) is 13.9. The van der Waals surface area contributed by atoms with Crippen molar-refractivity contribution in [1.82, 2.24) is 5.32 Å². The summed E-state index contributed by atoms with van der Waals surface area (Å²) in [5.41, 5.74) is 5.73. The van der Waals surface area contributed by atoms with Crippen LogP contribution in [0.25, 0.3) is 0 Å². The summed E-state index contributed by atoms with van der Waals surface area (Å²) in [7, 11) is 0. The van der Waals surface area contributed by atoms with Gasteiger partial charge in [0.2, 0.25) is 18.0 Å². The van der Waals surface area contributed by atoms with Crippen LogP contribution in [-0.2, 0) is 14.4 Å². The molecule has 0 aliphatic carbocycles. The Balaban J connectivity index is 2.10. The van der Waals surface area contributed by atoms with Gasteiger partial charge >= 0.3 is 12.4 Å². The van der Waals surface area contributed by atoms with Gasteiger partial charge in [-0.1, -0.05) is 48.5 Å². The number of halogens is 6. The predicted octanol–water partition coefficient (Wildman–Crippen LogP) is 4.35. The number of nitrogens with one attached hydrogen (secondary N) is 1. The van der Waals surface area contributed by atoms with E-state index in [4.69, 9.17) is 9.85 Å². The number of hydrogen-bond donors (Lipinski definition) is 2. The molecule has 3 rings (SSSR count). The van der Waals surface area contributed by atoms with E-state index in [-0.39, 0.29) is 17.0 Å². The van der Waals surface area contributed by atoms with Crippen LogP contribution in [0.15, 0.2) is 59.6 Å². The highest BCUT2D eigenvalue weighted by Gasteiger charge is 2.41. The lowest BCUT2D eigenvalue weighted by Gasteiger charge is -2.27.